The summed E-state index contributed by atoms with van der Waals surface area (Å²) in [5.74, 6) is -1.56. The molecular formula is C5H4F3NO. The Kier molecular flexibility index (Phi) is 2.87. The van der Waals surface area contributed by atoms with E-state index in [1.807, 2.05) is 0 Å². The molecule has 0 fully saturated rings. The van der Waals surface area contributed by atoms with Crippen molar-refractivity contribution in [1.29, 1.82) is 5.26 Å². The number of aldehydes is 1. The molecule has 0 amide bonds. The van der Waals surface area contributed by atoms with Crippen molar-refractivity contribution in [3.05, 3.63) is 0 Å². The number of rotatable bonds is 2. The topological polar surface area (TPSA) is 40.9 Å². The monoisotopic (exact) mass is 151 g/mol. The van der Waals surface area contributed by atoms with Gasteiger partial charge in [-0.15, -0.1) is 0 Å². The zero-order chi connectivity index (χ0) is 8.20. The fourth-order valence-corrected chi connectivity index (χ4v) is 0.374. The van der Waals surface area contributed by atoms with Crippen LogP contribution in [0.15, 0.2) is 0 Å². The zero-order valence-electron chi connectivity index (χ0n) is 4.85. The predicted octanol–water partition coefficient (Wildman–Crippen LogP) is 1.28. The van der Waals surface area contributed by atoms with Crippen LogP contribution in [0.25, 0.3) is 0 Å². The van der Waals surface area contributed by atoms with Crippen LogP contribution in [0.2, 0.25) is 0 Å². The number of carbonyl (C=O) groups excluding carboxylic acids is 1. The lowest BCUT2D eigenvalue weighted by atomic mass is 10.1. The van der Waals surface area contributed by atoms with E-state index in [9.17, 15) is 18.0 Å². The first-order chi connectivity index (χ1) is 4.49. The smallest absolute Gasteiger partial charge is 0.302 e. The molecule has 0 spiro atoms. The molecule has 0 aromatic rings. The molecule has 0 radical (unpaired) electrons. The van der Waals surface area contributed by atoms with Gasteiger partial charge in [0.15, 0.2) is 0 Å². The van der Waals surface area contributed by atoms with Gasteiger partial charge in [0.1, 0.15) is 12.2 Å². The molecule has 2 nitrogen and oxygen atoms in total. The number of nitrogens with zero attached hydrogens (tertiary/aromatic N) is 1. The number of alkyl halides is 3. The second kappa shape index (κ2) is 3.20. The summed E-state index contributed by atoms with van der Waals surface area (Å²) in [5.41, 5.74) is 0. The van der Waals surface area contributed by atoms with Gasteiger partial charge in [-0.25, -0.2) is 0 Å². The van der Waals surface area contributed by atoms with Gasteiger partial charge >= 0.3 is 6.18 Å². The van der Waals surface area contributed by atoms with Gasteiger partial charge in [-0.1, -0.05) is 0 Å². The first-order valence-electron chi connectivity index (χ1n) is 2.41. The van der Waals surface area contributed by atoms with E-state index in [0.29, 0.717) is 0 Å². The average molecular weight is 151 g/mol. The van der Waals surface area contributed by atoms with Crippen LogP contribution in [-0.4, -0.2) is 12.5 Å². The number of hydrogen-bond acceptors (Lipinski definition) is 2. The van der Waals surface area contributed by atoms with Crippen molar-refractivity contribution in [3.8, 4) is 6.07 Å². The van der Waals surface area contributed by atoms with Crippen molar-refractivity contribution in [3.63, 3.8) is 0 Å². The molecule has 0 heterocycles. The van der Waals surface area contributed by atoms with E-state index < -0.39 is 18.5 Å². The Balaban J connectivity index is 3.90. The highest BCUT2D eigenvalue weighted by atomic mass is 19.4. The summed E-state index contributed by atoms with van der Waals surface area (Å²) in [5, 5.41) is 7.91. The van der Waals surface area contributed by atoms with Gasteiger partial charge in [0.25, 0.3) is 0 Å². The molecule has 0 bridgehead atoms. The summed E-state index contributed by atoms with van der Waals surface area (Å²) in [6.45, 7) is 0. The van der Waals surface area contributed by atoms with Crippen LogP contribution in [0.5, 0.6) is 0 Å². The van der Waals surface area contributed by atoms with E-state index in [1.165, 1.54) is 6.07 Å². The highest BCUT2D eigenvalue weighted by Gasteiger charge is 2.31. The summed E-state index contributed by atoms with van der Waals surface area (Å²) in [6.07, 6.45) is -5.79. The Bertz CT molecular complexity index is 157. The van der Waals surface area contributed by atoms with Crippen molar-refractivity contribution in [2.24, 2.45) is 5.92 Å². The second-order valence-corrected chi connectivity index (χ2v) is 1.69. The first-order valence-corrected chi connectivity index (χ1v) is 2.41. The molecule has 0 N–H and O–H groups in total. The van der Waals surface area contributed by atoms with Gasteiger partial charge in [-0.05, 0) is 0 Å². The predicted molar refractivity (Wildman–Crippen MR) is 25.8 cm³/mol. The Labute approximate surface area is 55.2 Å². The van der Waals surface area contributed by atoms with E-state index in [-0.39, 0.29) is 6.29 Å². The lowest BCUT2D eigenvalue weighted by molar-refractivity contribution is -0.144. The SMILES string of the molecule is N#CC(C=O)CC(F)(F)F. The van der Waals surface area contributed by atoms with Crippen LogP contribution in [-0.2, 0) is 4.79 Å². The molecule has 1 unspecified atom stereocenters. The van der Waals surface area contributed by atoms with Gasteiger partial charge in [0.05, 0.1) is 12.5 Å². The fraction of sp³-hybridized carbons (Fsp3) is 0.600. The van der Waals surface area contributed by atoms with Crippen molar-refractivity contribution < 1.29 is 18.0 Å². The van der Waals surface area contributed by atoms with Crippen LogP contribution in [0.1, 0.15) is 6.42 Å². The van der Waals surface area contributed by atoms with Crippen LogP contribution in [0.4, 0.5) is 13.2 Å². The van der Waals surface area contributed by atoms with Crippen molar-refractivity contribution in [2.75, 3.05) is 0 Å². The molecule has 0 aliphatic heterocycles. The fourth-order valence-electron chi connectivity index (χ4n) is 0.374. The Morgan fingerprint density at radius 3 is 2.20 bits per heavy atom. The van der Waals surface area contributed by atoms with Crippen LogP contribution < -0.4 is 0 Å². The quantitative estimate of drug-likeness (QED) is 0.557. The highest BCUT2D eigenvalue weighted by Crippen LogP contribution is 2.23. The van der Waals surface area contributed by atoms with Gasteiger partial charge < -0.3 is 4.79 Å². The summed E-state index contributed by atoms with van der Waals surface area (Å²) >= 11 is 0. The Hall–Kier alpha value is -1.05. The summed E-state index contributed by atoms with van der Waals surface area (Å²) in [4.78, 5) is 9.69. The zero-order valence-corrected chi connectivity index (χ0v) is 4.85. The molecule has 56 valence electrons. The second-order valence-electron chi connectivity index (χ2n) is 1.69. The van der Waals surface area contributed by atoms with E-state index >= 15 is 0 Å². The first kappa shape index (κ1) is 8.95. The third kappa shape index (κ3) is 3.89. The normalized spacial score (nSPS) is 13.8. The molecule has 0 saturated heterocycles. The van der Waals surface area contributed by atoms with E-state index in [0.717, 1.165) is 0 Å². The summed E-state index contributed by atoms with van der Waals surface area (Å²) in [6, 6.07) is 1.22. The summed E-state index contributed by atoms with van der Waals surface area (Å²) in [7, 11) is 0. The molecular weight excluding hydrogens is 147 g/mol. The molecule has 0 aromatic heterocycles. The Morgan fingerprint density at radius 1 is 1.60 bits per heavy atom. The molecule has 0 rings (SSSR count). The molecule has 0 aromatic carbocycles. The van der Waals surface area contributed by atoms with Crippen LogP contribution in [0, 0.1) is 17.2 Å². The van der Waals surface area contributed by atoms with E-state index in [2.05, 4.69) is 0 Å². The molecule has 1 atom stereocenters. The van der Waals surface area contributed by atoms with Crippen molar-refractivity contribution >= 4 is 6.29 Å². The maximum absolute atomic E-state index is 11.4. The number of carbonyl (C=O) groups is 1. The number of nitriles is 1. The maximum atomic E-state index is 11.4. The lowest BCUT2D eigenvalue weighted by Gasteiger charge is -2.04. The van der Waals surface area contributed by atoms with E-state index in [4.69, 9.17) is 5.26 Å². The van der Waals surface area contributed by atoms with Crippen LogP contribution >= 0.6 is 0 Å². The number of hydrogen-bond donors (Lipinski definition) is 0. The third-order valence-electron chi connectivity index (χ3n) is 0.781. The van der Waals surface area contributed by atoms with E-state index in [1.54, 1.807) is 0 Å². The summed E-state index contributed by atoms with van der Waals surface area (Å²) < 4.78 is 34.1. The van der Waals surface area contributed by atoms with Crippen molar-refractivity contribution in [2.45, 2.75) is 12.6 Å². The minimum atomic E-state index is -4.43. The molecule has 0 aliphatic carbocycles. The van der Waals surface area contributed by atoms with Gasteiger partial charge in [0, 0.05) is 0 Å². The third-order valence-corrected chi connectivity index (χ3v) is 0.781. The molecule has 5 heteroatoms. The Morgan fingerprint density at radius 2 is 2.10 bits per heavy atom. The van der Waals surface area contributed by atoms with Gasteiger partial charge in [-0.2, -0.15) is 18.4 Å². The largest absolute Gasteiger partial charge is 0.390 e. The molecule has 0 aliphatic rings. The lowest BCUT2D eigenvalue weighted by Crippen LogP contribution is -2.14. The van der Waals surface area contributed by atoms with Crippen molar-refractivity contribution in [1.82, 2.24) is 0 Å². The molecule has 10 heavy (non-hydrogen) atoms. The highest BCUT2D eigenvalue weighted by molar-refractivity contribution is 5.57. The minimum Gasteiger partial charge on any atom is -0.302 e. The minimum absolute atomic E-state index is 0.00646. The number of halogens is 3. The molecule has 0 saturated carbocycles. The van der Waals surface area contributed by atoms with Gasteiger partial charge in [0.2, 0.25) is 0 Å². The van der Waals surface area contributed by atoms with Crippen LogP contribution in [0.3, 0.4) is 0 Å². The maximum Gasteiger partial charge on any atom is 0.390 e. The van der Waals surface area contributed by atoms with Gasteiger partial charge in [-0.3, -0.25) is 0 Å². The average Bonchev–Trinajstić information content (AvgIpc) is 1.81. The standard InChI is InChI=1S/C5H4F3NO/c6-5(7,8)1-4(2-9)3-10/h3-4H,1H2.